The SMILES string of the molecule is CCCC(C)c1cc(NC(=O)COC)n[nH]1. The molecule has 5 heteroatoms. The standard InChI is InChI=1S/C11H19N3O2/c1-4-5-8(2)9-6-10(14-13-9)12-11(15)7-16-3/h6,8H,4-5,7H2,1-3H3,(H2,12,13,14,15). The van der Waals surface area contributed by atoms with Crippen LogP contribution in [0.2, 0.25) is 0 Å². The van der Waals surface area contributed by atoms with E-state index in [0.29, 0.717) is 11.7 Å². The van der Waals surface area contributed by atoms with Crippen molar-refractivity contribution < 1.29 is 9.53 Å². The summed E-state index contributed by atoms with van der Waals surface area (Å²) in [5.74, 6) is 0.800. The Morgan fingerprint density at radius 3 is 3.06 bits per heavy atom. The Labute approximate surface area is 95.6 Å². The predicted octanol–water partition coefficient (Wildman–Crippen LogP) is 1.90. The van der Waals surface area contributed by atoms with Crippen molar-refractivity contribution in [3.63, 3.8) is 0 Å². The Hall–Kier alpha value is -1.36. The van der Waals surface area contributed by atoms with Gasteiger partial charge in [-0.1, -0.05) is 20.3 Å². The molecule has 5 nitrogen and oxygen atoms in total. The van der Waals surface area contributed by atoms with Crippen molar-refractivity contribution in [3.8, 4) is 0 Å². The molecule has 0 fully saturated rings. The molecule has 0 aliphatic heterocycles. The second-order valence-electron chi connectivity index (χ2n) is 3.88. The van der Waals surface area contributed by atoms with Gasteiger partial charge in [0.25, 0.3) is 5.91 Å². The van der Waals surface area contributed by atoms with Gasteiger partial charge in [0.2, 0.25) is 0 Å². The molecule has 1 aromatic heterocycles. The van der Waals surface area contributed by atoms with Crippen molar-refractivity contribution >= 4 is 11.7 Å². The molecule has 1 atom stereocenters. The molecule has 1 heterocycles. The van der Waals surface area contributed by atoms with E-state index in [4.69, 9.17) is 4.74 Å². The quantitative estimate of drug-likeness (QED) is 0.777. The molecular formula is C11H19N3O2. The van der Waals surface area contributed by atoms with E-state index in [1.54, 1.807) is 0 Å². The zero-order chi connectivity index (χ0) is 12.0. The predicted molar refractivity (Wildman–Crippen MR) is 62.4 cm³/mol. The molecule has 0 saturated carbocycles. The molecule has 1 rings (SSSR count). The van der Waals surface area contributed by atoms with Crippen LogP contribution in [0.15, 0.2) is 6.07 Å². The zero-order valence-corrected chi connectivity index (χ0v) is 10.0. The van der Waals surface area contributed by atoms with Gasteiger partial charge in [0.05, 0.1) is 0 Å². The highest BCUT2D eigenvalue weighted by atomic mass is 16.5. The Bertz CT molecular complexity index is 336. The maximum Gasteiger partial charge on any atom is 0.251 e. The van der Waals surface area contributed by atoms with Crippen LogP contribution in [0.5, 0.6) is 0 Å². The fourth-order valence-electron chi connectivity index (χ4n) is 1.55. The van der Waals surface area contributed by atoms with Crippen LogP contribution in [0.3, 0.4) is 0 Å². The summed E-state index contributed by atoms with van der Waals surface area (Å²) in [4.78, 5) is 11.2. The summed E-state index contributed by atoms with van der Waals surface area (Å²) in [6, 6.07) is 1.87. The Kier molecular flexibility index (Phi) is 4.98. The number of carbonyl (C=O) groups is 1. The summed E-state index contributed by atoms with van der Waals surface area (Å²) >= 11 is 0. The fourth-order valence-corrected chi connectivity index (χ4v) is 1.55. The second-order valence-corrected chi connectivity index (χ2v) is 3.88. The lowest BCUT2D eigenvalue weighted by molar-refractivity contribution is -0.119. The normalized spacial score (nSPS) is 12.4. The lowest BCUT2D eigenvalue weighted by atomic mass is 10.0. The molecule has 0 spiro atoms. The minimum Gasteiger partial charge on any atom is -0.375 e. The topological polar surface area (TPSA) is 67.0 Å². The third-order valence-electron chi connectivity index (χ3n) is 2.39. The van der Waals surface area contributed by atoms with E-state index in [1.807, 2.05) is 6.07 Å². The molecule has 0 aromatic carbocycles. The summed E-state index contributed by atoms with van der Waals surface area (Å²) in [7, 11) is 1.48. The molecule has 0 aliphatic rings. The third kappa shape index (κ3) is 3.66. The smallest absolute Gasteiger partial charge is 0.251 e. The number of anilines is 1. The van der Waals surface area contributed by atoms with Gasteiger partial charge in [0, 0.05) is 18.9 Å². The average molecular weight is 225 g/mol. The van der Waals surface area contributed by atoms with Crippen LogP contribution in [0.4, 0.5) is 5.82 Å². The number of nitrogens with zero attached hydrogens (tertiary/aromatic N) is 1. The van der Waals surface area contributed by atoms with Crippen molar-refractivity contribution in [2.75, 3.05) is 19.0 Å². The fraction of sp³-hybridized carbons (Fsp3) is 0.636. The molecule has 16 heavy (non-hydrogen) atoms. The van der Waals surface area contributed by atoms with Crippen molar-refractivity contribution in [3.05, 3.63) is 11.8 Å². The molecule has 0 saturated heterocycles. The van der Waals surface area contributed by atoms with Gasteiger partial charge in [-0.05, 0) is 12.3 Å². The van der Waals surface area contributed by atoms with Crippen molar-refractivity contribution in [1.82, 2.24) is 10.2 Å². The van der Waals surface area contributed by atoms with Gasteiger partial charge in [-0.15, -0.1) is 0 Å². The van der Waals surface area contributed by atoms with Crippen LogP contribution in [-0.2, 0) is 9.53 Å². The number of hydrogen-bond acceptors (Lipinski definition) is 3. The highest BCUT2D eigenvalue weighted by molar-refractivity contribution is 5.90. The number of ether oxygens (including phenoxy) is 1. The van der Waals surface area contributed by atoms with Crippen LogP contribution in [0, 0.1) is 0 Å². The molecule has 1 amide bonds. The Morgan fingerprint density at radius 1 is 1.69 bits per heavy atom. The Morgan fingerprint density at radius 2 is 2.44 bits per heavy atom. The summed E-state index contributed by atoms with van der Waals surface area (Å²) in [5, 5.41) is 9.62. The molecule has 90 valence electrons. The van der Waals surface area contributed by atoms with Crippen LogP contribution >= 0.6 is 0 Å². The molecule has 0 aliphatic carbocycles. The number of H-pyrrole nitrogens is 1. The first-order valence-corrected chi connectivity index (χ1v) is 5.51. The van der Waals surface area contributed by atoms with E-state index in [1.165, 1.54) is 7.11 Å². The van der Waals surface area contributed by atoms with Crippen molar-refractivity contribution in [1.29, 1.82) is 0 Å². The number of rotatable bonds is 6. The molecule has 1 aromatic rings. The zero-order valence-electron chi connectivity index (χ0n) is 10.0. The summed E-state index contributed by atoms with van der Waals surface area (Å²) < 4.78 is 4.72. The van der Waals surface area contributed by atoms with Gasteiger partial charge in [-0.3, -0.25) is 9.89 Å². The third-order valence-corrected chi connectivity index (χ3v) is 2.39. The summed E-state index contributed by atoms with van der Waals surface area (Å²) in [6.07, 6.45) is 2.24. The minimum absolute atomic E-state index is 0.0483. The number of aromatic nitrogens is 2. The van der Waals surface area contributed by atoms with Gasteiger partial charge in [0.15, 0.2) is 5.82 Å². The Balaban J connectivity index is 2.54. The lowest BCUT2D eigenvalue weighted by Gasteiger charge is -2.05. The van der Waals surface area contributed by atoms with E-state index in [2.05, 4.69) is 29.4 Å². The first-order valence-electron chi connectivity index (χ1n) is 5.51. The molecular weight excluding hydrogens is 206 g/mol. The second kappa shape index (κ2) is 6.27. The monoisotopic (exact) mass is 225 g/mol. The molecule has 0 radical (unpaired) electrons. The summed E-state index contributed by atoms with van der Waals surface area (Å²) in [6.45, 7) is 4.33. The number of nitrogens with one attached hydrogen (secondary N) is 2. The van der Waals surface area contributed by atoms with Crippen LogP contribution in [0.25, 0.3) is 0 Å². The van der Waals surface area contributed by atoms with Crippen LogP contribution in [-0.4, -0.2) is 29.8 Å². The number of amides is 1. The van der Waals surface area contributed by atoms with Crippen LogP contribution < -0.4 is 5.32 Å². The van der Waals surface area contributed by atoms with E-state index in [0.717, 1.165) is 18.5 Å². The van der Waals surface area contributed by atoms with E-state index in [9.17, 15) is 4.79 Å². The van der Waals surface area contributed by atoms with Crippen molar-refractivity contribution in [2.45, 2.75) is 32.6 Å². The highest BCUT2D eigenvalue weighted by Gasteiger charge is 2.10. The van der Waals surface area contributed by atoms with Gasteiger partial charge in [-0.25, -0.2) is 0 Å². The largest absolute Gasteiger partial charge is 0.375 e. The first kappa shape index (κ1) is 12.7. The molecule has 2 N–H and O–H groups in total. The average Bonchev–Trinajstić information content (AvgIpc) is 2.67. The number of hydrogen-bond donors (Lipinski definition) is 2. The van der Waals surface area contributed by atoms with Gasteiger partial charge < -0.3 is 10.1 Å². The van der Waals surface area contributed by atoms with Gasteiger partial charge >= 0.3 is 0 Å². The minimum atomic E-state index is -0.191. The first-order chi connectivity index (χ1) is 7.67. The van der Waals surface area contributed by atoms with Gasteiger partial charge in [0.1, 0.15) is 6.61 Å². The number of methoxy groups -OCH3 is 1. The molecule has 0 bridgehead atoms. The molecule has 1 unspecified atom stereocenters. The lowest BCUT2D eigenvalue weighted by Crippen LogP contribution is -2.17. The van der Waals surface area contributed by atoms with Crippen LogP contribution in [0.1, 0.15) is 38.3 Å². The van der Waals surface area contributed by atoms with Gasteiger partial charge in [-0.2, -0.15) is 5.10 Å². The van der Waals surface area contributed by atoms with Crippen molar-refractivity contribution in [2.24, 2.45) is 0 Å². The van der Waals surface area contributed by atoms with E-state index < -0.39 is 0 Å². The summed E-state index contributed by atoms with van der Waals surface area (Å²) in [5.41, 5.74) is 1.05. The maximum atomic E-state index is 11.2. The highest BCUT2D eigenvalue weighted by Crippen LogP contribution is 2.20. The number of aromatic amines is 1. The van der Waals surface area contributed by atoms with E-state index in [-0.39, 0.29) is 12.5 Å². The maximum absolute atomic E-state index is 11.2. The van der Waals surface area contributed by atoms with E-state index >= 15 is 0 Å². The number of carbonyl (C=O) groups excluding carboxylic acids is 1.